The van der Waals surface area contributed by atoms with Gasteiger partial charge in [-0.05, 0) is 36.8 Å². The number of rotatable bonds is 4. The van der Waals surface area contributed by atoms with E-state index >= 15 is 0 Å². The van der Waals surface area contributed by atoms with Gasteiger partial charge in [0.25, 0.3) is 0 Å². The van der Waals surface area contributed by atoms with Crippen molar-refractivity contribution in [3.05, 3.63) is 71.4 Å². The van der Waals surface area contributed by atoms with Crippen molar-refractivity contribution in [2.24, 2.45) is 0 Å². The van der Waals surface area contributed by atoms with Crippen LogP contribution in [0.25, 0.3) is 17.0 Å². The average Bonchev–Trinajstić information content (AvgIpc) is 3.08. The van der Waals surface area contributed by atoms with Crippen LogP contribution in [-0.4, -0.2) is 19.4 Å². The molecule has 0 unspecified atom stereocenters. The largest absolute Gasteiger partial charge is 0.399 e. The molecule has 4 aromatic rings. The van der Waals surface area contributed by atoms with Crippen molar-refractivity contribution >= 4 is 28.9 Å². The first-order valence-electron chi connectivity index (χ1n) is 8.29. The van der Waals surface area contributed by atoms with E-state index in [9.17, 15) is 4.39 Å². The van der Waals surface area contributed by atoms with Gasteiger partial charge in [0.05, 0.1) is 29.2 Å². The lowest BCUT2D eigenvalue weighted by molar-refractivity contribution is 0.617. The van der Waals surface area contributed by atoms with Gasteiger partial charge in [0.15, 0.2) is 11.5 Å². The summed E-state index contributed by atoms with van der Waals surface area (Å²) >= 11 is 6.15. The number of benzene rings is 1. The Morgan fingerprint density at radius 3 is 2.85 bits per heavy atom. The van der Waals surface area contributed by atoms with E-state index < -0.39 is 5.82 Å². The van der Waals surface area contributed by atoms with E-state index in [0.717, 1.165) is 11.8 Å². The number of pyridine rings is 1. The fourth-order valence-corrected chi connectivity index (χ4v) is 3.09. The van der Waals surface area contributed by atoms with Gasteiger partial charge in [-0.15, -0.1) is 0 Å². The Hall–Kier alpha value is -3.19. The number of anilines is 2. The van der Waals surface area contributed by atoms with Crippen molar-refractivity contribution in [2.45, 2.75) is 13.0 Å². The third-order valence-corrected chi connectivity index (χ3v) is 4.53. The van der Waals surface area contributed by atoms with Crippen LogP contribution in [0.1, 0.15) is 18.5 Å². The molecule has 0 saturated heterocycles. The topological polar surface area (TPSA) is 81.1 Å². The number of nitrogens with one attached hydrogen (secondary N) is 1. The minimum atomic E-state index is -0.543. The number of fused-ring (bicyclic) bond motifs is 1. The molecular formula is C19H16ClFN6. The van der Waals surface area contributed by atoms with Crippen LogP contribution in [0.5, 0.6) is 0 Å². The number of aromatic nitrogens is 4. The van der Waals surface area contributed by atoms with Gasteiger partial charge in [0, 0.05) is 11.9 Å². The van der Waals surface area contributed by atoms with Crippen LogP contribution >= 0.6 is 11.6 Å². The van der Waals surface area contributed by atoms with E-state index in [1.165, 1.54) is 6.20 Å². The number of hydrogen-bond donors (Lipinski definition) is 2. The average molecular weight is 383 g/mol. The van der Waals surface area contributed by atoms with Crippen molar-refractivity contribution in [1.29, 1.82) is 0 Å². The molecule has 0 amide bonds. The van der Waals surface area contributed by atoms with Crippen LogP contribution < -0.4 is 11.1 Å². The molecule has 3 heterocycles. The lowest BCUT2D eigenvalue weighted by Gasteiger charge is -2.15. The molecule has 27 heavy (non-hydrogen) atoms. The van der Waals surface area contributed by atoms with E-state index in [2.05, 4.69) is 20.3 Å². The van der Waals surface area contributed by atoms with Crippen molar-refractivity contribution < 1.29 is 4.39 Å². The summed E-state index contributed by atoms with van der Waals surface area (Å²) in [5.74, 6) is -0.239. The molecule has 0 saturated carbocycles. The van der Waals surface area contributed by atoms with Crippen molar-refractivity contribution in [1.82, 2.24) is 19.4 Å². The zero-order valence-electron chi connectivity index (χ0n) is 14.4. The maximum atomic E-state index is 14.4. The first kappa shape index (κ1) is 17.2. The number of hydrogen-bond acceptors (Lipinski definition) is 5. The number of imidazole rings is 1. The molecular weight excluding hydrogens is 367 g/mol. The Kier molecular flexibility index (Phi) is 4.37. The van der Waals surface area contributed by atoms with Crippen LogP contribution in [0.3, 0.4) is 0 Å². The molecule has 0 bridgehead atoms. The number of halogens is 2. The smallest absolute Gasteiger partial charge is 0.223 e. The molecule has 0 fully saturated rings. The van der Waals surface area contributed by atoms with Crippen LogP contribution in [0, 0.1) is 5.82 Å². The van der Waals surface area contributed by atoms with Gasteiger partial charge in [-0.3, -0.25) is 4.40 Å². The van der Waals surface area contributed by atoms with Gasteiger partial charge in [0.1, 0.15) is 5.69 Å². The van der Waals surface area contributed by atoms with Gasteiger partial charge in [-0.25, -0.2) is 19.3 Å². The van der Waals surface area contributed by atoms with Crippen molar-refractivity contribution in [3.63, 3.8) is 0 Å². The summed E-state index contributed by atoms with van der Waals surface area (Å²) in [6.45, 7) is 1.95. The second-order valence-electron chi connectivity index (χ2n) is 6.12. The Morgan fingerprint density at radius 2 is 2.04 bits per heavy atom. The lowest BCUT2D eigenvalue weighted by Crippen LogP contribution is -2.11. The van der Waals surface area contributed by atoms with E-state index in [1.54, 1.807) is 22.7 Å². The van der Waals surface area contributed by atoms with E-state index in [-0.39, 0.29) is 11.7 Å². The first-order valence-corrected chi connectivity index (χ1v) is 8.67. The summed E-state index contributed by atoms with van der Waals surface area (Å²) in [5, 5.41) is 3.65. The predicted molar refractivity (Wildman–Crippen MR) is 104 cm³/mol. The van der Waals surface area contributed by atoms with Crippen LogP contribution in [0.4, 0.5) is 16.0 Å². The summed E-state index contributed by atoms with van der Waals surface area (Å²) in [7, 11) is 0. The fraction of sp³-hybridized carbons (Fsp3) is 0.105. The monoisotopic (exact) mass is 382 g/mol. The highest BCUT2D eigenvalue weighted by Gasteiger charge is 2.16. The standard InChI is InChI=1S/C19H16ClFN6/c1-11(12-4-2-5-13(22)8-12)25-19-24-9-15(21)17(26-19)16-10-23-18-14(20)6-3-7-27(16)18/h2-11H,22H2,1H3,(H,24,25,26)/t11-/m0/s1. The Bertz CT molecular complexity index is 1130. The summed E-state index contributed by atoms with van der Waals surface area (Å²) in [5.41, 5.74) is 8.65. The molecule has 4 rings (SSSR count). The summed E-state index contributed by atoms with van der Waals surface area (Å²) < 4.78 is 16.1. The molecule has 0 aliphatic carbocycles. The van der Waals surface area contributed by atoms with Crippen LogP contribution in [-0.2, 0) is 0 Å². The maximum Gasteiger partial charge on any atom is 0.223 e. The van der Waals surface area contributed by atoms with Gasteiger partial charge in [-0.2, -0.15) is 0 Å². The SMILES string of the molecule is C[C@H](Nc1ncc(F)c(-c2cnc3c(Cl)cccn23)n1)c1cccc(N)c1. The lowest BCUT2D eigenvalue weighted by atomic mass is 10.1. The summed E-state index contributed by atoms with van der Waals surface area (Å²) in [4.78, 5) is 12.7. The molecule has 1 atom stereocenters. The zero-order chi connectivity index (χ0) is 19.0. The molecule has 8 heteroatoms. The first-order chi connectivity index (χ1) is 13.0. The normalized spacial score (nSPS) is 12.3. The van der Waals surface area contributed by atoms with E-state index in [0.29, 0.717) is 28.0 Å². The molecule has 3 N–H and O–H groups in total. The molecule has 0 aliphatic rings. The van der Waals surface area contributed by atoms with Gasteiger partial charge in [-0.1, -0.05) is 23.7 Å². The fourth-order valence-electron chi connectivity index (χ4n) is 2.87. The van der Waals surface area contributed by atoms with Gasteiger partial charge < -0.3 is 11.1 Å². The zero-order valence-corrected chi connectivity index (χ0v) is 15.2. The summed E-state index contributed by atoms with van der Waals surface area (Å²) in [6, 6.07) is 10.9. The molecule has 136 valence electrons. The highest BCUT2D eigenvalue weighted by Crippen LogP contribution is 2.26. The number of nitrogens with two attached hydrogens (primary N) is 1. The second kappa shape index (κ2) is 6.85. The van der Waals surface area contributed by atoms with E-state index in [1.807, 2.05) is 31.2 Å². The van der Waals surface area contributed by atoms with Gasteiger partial charge >= 0.3 is 0 Å². The predicted octanol–water partition coefficient (Wildman–Crippen LogP) is 4.34. The Labute approximate surface area is 159 Å². The van der Waals surface area contributed by atoms with Crippen molar-refractivity contribution in [2.75, 3.05) is 11.1 Å². The van der Waals surface area contributed by atoms with Gasteiger partial charge in [0.2, 0.25) is 5.95 Å². The quantitative estimate of drug-likeness (QED) is 0.513. The molecule has 1 aromatic carbocycles. The van der Waals surface area contributed by atoms with Crippen LogP contribution in [0.2, 0.25) is 5.02 Å². The second-order valence-corrected chi connectivity index (χ2v) is 6.53. The molecule has 3 aromatic heterocycles. The minimum Gasteiger partial charge on any atom is -0.399 e. The number of nitrogen functional groups attached to an aromatic ring is 1. The highest BCUT2D eigenvalue weighted by molar-refractivity contribution is 6.33. The summed E-state index contributed by atoms with van der Waals surface area (Å²) in [6.07, 6.45) is 4.44. The third-order valence-electron chi connectivity index (χ3n) is 4.23. The van der Waals surface area contributed by atoms with E-state index in [4.69, 9.17) is 17.3 Å². The highest BCUT2D eigenvalue weighted by atomic mass is 35.5. The van der Waals surface area contributed by atoms with Crippen LogP contribution in [0.15, 0.2) is 55.0 Å². The molecule has 0 spiro atoms. The Balaban J connectivity index is 1.70. The molecule has 0 aliphatic heterocycles. The number of nitrogens with zero attached hydrogens (tertiary/aromatic N) is 4. The Morgan fingerprint density at radius 1 is 1.19 bits per heavy atom. The third kappa shape index (κ3) is 3.29. The maximum absolute atomic E-state index is 14.4. The van der Waals surface area contributed by atoms with Crippen molar-refractivity contribution in [3.8, 4) is 11.4 Å². The molecule has 0 radical (unpaired) electrons. The minimum absolute atomic E-state index is 0.108. The molecule has 6 nitrogen and oxygen atoms in total.